The third kappa shape index (κ3) is 2.96. The molecule has 0 bridgehead atoms. The number of rotatable bonds is 4. The molecule has 0 saturated carbocycles. The van der Waals surface area contributed by atoms with Crippen LogP contribution < -0.4 is 16.2 Å². The number of benzene rings is 1. The first-order chi connectivity index (χ1) is 10.3. The van der Waals surface area contributed by atoms with E-state index in [-0.39, 0.29) is 0 Å². The first kappa shape index (κ1) is 13.8. The molecule has 2 aromatic rings. The zero-order chi connectivity index (χ0) is 14.7. The van der Waals surface area contributed by atoms with Crippen molar-refractivity contribution >= 4 is 11.6 Å². The van der Waals surface area contributed by atoms with Crippen molar-refractivity contribution in [3.05, 3.63) is 36.4 Å². The van der Waals surface area contributed by atoms with Gasteiger partial charge in [-0.2, -0.15) is 0 Å². The molecule has 0 radical (unpaired) electrons. The van der Waals surface area contributed by atoms with Gasteiger partial charge in [0, 0.05) is 25.3 Å². The van der Waals surface area contributed by atoms with Crippen molar-refractivity contribution in [2.45, 2.75) is 12.5 Å². The van der Waals surface area contributed by atoms with Gasteiger partial charge in [-0.1, -0.05) is 30.3 Å². The predicted octanol–water partition coefficient (Wildman–Crippen LogP) is 1.65. The van der Waals surface area contributed by atoms with Crippen LogP contribution in [0.15, 0.2) is 36.4 Å². The molecule has 1 atom stereocenters. The van der Waals surface area contributed by atoms with E-state index in [1.165, 1.54) is 0 Å². The van der Waals surface area contributed by atoms with Crippen molar-refractivity contribution in [2.24, 2.45) is 5.84 Å². The van der Waals surface area contributed by atoms with Crippen LogP contribution in [-0.2, 0) is 4.74 Å². The van der Waals surface area contributed by atoms with Crippen molar-refractivity contribution in [1.29, 1.82) is 0 Å². The highest BCUT2D eigenvalue weighted by Gasteiger charge is 2.22. The van der Waals surface area contributed by atoms with E-state index in [0.29, 0.717) is 17.7 Å². The number of likely N-dealkylation sites (N-methyl/N-ethyl adjacent to an activating group) is 1. The van der Waals surface area contributed by atoms with E-state index in [2.05, 4.69) is 20.3 Å². The summed E-state index contributed by atoms with van der Waals surface area (Å²) >= 11 is 0. The minimum Gasteiger partial charge on any atom is -0.379 e. The number of aromatic nitrogens is 2. The molecule has 0 spiro atoms. The first-order valence-electron chi connectivity index (χ1n) is 6.99. The Kier molecular flexibility index (Phi) is 3.98. The number of nitrogens with one attached hydrogen (secondary N) is 1. The highest BCUT2D eigenvalue weighted by Crippen LogP contribution is 2.24. The lowest BCUT2D eigenvalue weighted by molar-refractivity contribution is 0.193. The molecular formula is C15H19N5O. The standard InChI is InChI=1S/C15H19N5O/c1-20(12-7-8-21-10-12)14-9-13(19-16)17-15(18-14)11-5-3-2-4-6-11/h2-6,9,12H,7-8,10,16H2,1H3,(H,17,18,19). The van der Waals surface area contributed by atoms with Gasteiger partial charge in [0.1, 0.15) is 11.6 Å². The number of nitrogen functional groups attached to an aromatic ring is 1. The molecule has 1 fully saturated rings. The molecule has 21 heavy (non-hydrogen) atoms. The number of anilines is 2. The fraction of sp³-hybridized carbons (Fsp3) is 0.333. The summed E-state index contributed by atoms with van der Waals surface area (Å²) in [5.74, 6) is 7.64. The molecule has 6 nitrogen and oxygen atoms in total. The maximum absolute atomic E-state index is 5.54. The largest absolute Gasteiger partial charge is 0.379 e. The van der Waals surface area contributed by atoms with Crippen LogP contribution in [0.5, 0.6) is 0 Å². The third-order valence-electron chi connectivity index (χ3n) is 3.71. The summed E-state index contributed by atoms with van der Waals surface area (Å²) in [5, 5.41) is 0. The summed E-state index contributed by atoms with van der Waals surface area (Å²) in [6, 6.07) is 12.1. The molecule has 1 aliphatic rings. The van der Waals surface area contributed by atoms with Gasteiger partial charge in [-0.25, -0.2) is 15.8 Å². The molecule has 1 aromatic heterocycles. The molecule has 0 amide bonds. The van der Waals surface area contributed by atoms with E-state index in [1.807, 2.05) is 43.4 Å². The first-order valence-corrected chi connectivity index (χ1v) is 6.99. The van der Waals surface area contributed by atoms with Gasteiger partial charge in [-0.05, 0) is 6.42 Å². The highest BCUT2D eigenvalue weighted by atomic mass is 16.5. The number of nitrogens with two attached hydrogens (primary N) is 1. The Morgan fingerprint density at radius 3 is 2.76 bits per heavy atom. The van der Waals surface area contributed by atoms with Crippen LogP contribution in [0.3, 0.4) is 0 Å². The molecule has 2 heterocycles. The quantitative estimate of drug-likeness (QED) is 0.657. The molecule has 1 aromatic carbocycles. The van der Waals surface area contributed by atoms with Gasteiger partial charge in [-0.3, -0.25) is 0 Å². The van der Waals surface area contributed by atoms with Crippen LogP contribution in [0.2, 0.25) is 0 Å². The Balaban J connectivity index is 1.97. The molecule has 0 aliphatic carbocycles. The van der Waals surface area contributed by atoms with Crippen LogP contribution in [0.4, 0.5) is 11.6 Å². The Morgan fingerprint density at radius 2 is 2.10 bits per heavy atom. The third-order valence-corrected chi connectivity index (χ3v) is 3.71. The highest BCUT2D eigenvalue weighted by molar-refractivity contribution is 5.61. The summed E-state index contributed by atoms with van der Waals surface area (Å²) in [6.07, 6.45) is 1.01. The lowest BCUT2D eigenvalue weighted by Gasteiger charge is -2.25. The maximum Gasteiger partial charge on any atom is 0.163 e. The number of ether oxygens (including phenoxy) is 1. The number of hydrazine groups is 1. The van der Waals surface area contributed by atoms with Gasteiger partial charge < -0.3 is 15.1 Å². The van der Waals surface area contributed by atoms with Crippen molar-refractivity contribution < 1.29 is 4.74 Å². The average Bonchev–Trinajstić information content (AvgIpc) is 3.09. The summed E-state index contributed by atoms with van der Waals surface area (Å²) in [7, 11) is 2.02. The lowest BCUT2D eigenvalue weighted by atomic mass is 10.2. The Labute approximate surface area is 123 Å². The van der Waals surface area contributed by atoms with Gasteiger partial charge in [-0.15, -0.1) is 0 Å². The van der Waals surface area contributed by atoms with Gasteiger partial charge in [0.05, 0.1) is 12.6 Å². The van der Waals surface area contributed by atoms with Crippen molar-refractivity contribution in [1.82, 2.24) is 9.97 Å². The fourth-order valence-electron chi connectivity index (χ4n) is 2.42. The molecule has 6 heteroatoms. The normalized spacial score (nSPS) is 17.7. The smallest absolute Gasteiger partial charge is 0.163 e. The lowest BCUT2D eigenvalue weighted by Crippen LogP contribution is -2.32. The molecule has 1 unspecified atom stereocenters. The molecule has 1 aliphatic heterocycles. The average molecular weight is 285 g/mol. The zero-order valence-electron chi connectivity index (χ0n) is 12.0. The maximum atomic E-state index is 5.54. The van der Waals surface area contributed by atoms with Crippen molar-refractivity contribution in [3.63, 3.8) is 0 Å². The molecule has 3 N–H and O–H groups in total. The zero-order valence-corrected chi connectivity index (χ0v) is 12.0. The Morgan fingerprint density at radius 1 is 1.29 bits per heavy atom. The van der Waals surface area contributed by atoms with Gasteiger partial charge in [0.25, 0.3) is 0 Å². The molecule has 1 saturated heterocycles. The van der Waals surface area contributed by atoms with E-state index in [1.54, 1.807) is 0 Å². The van der Waals surface area contributed by atoms with Crippen LogP contribution in [-0.4, -0.2) is 36.3 Å². The molecule has 3 rings (SSSR count). The second-order valence-electron chi connectivity index (χ2n) is 5.07. The number of hydrogen-bond donors (Lipinski definition) is 2. The van der Waals surface area contributed by atoms with Crippen LogP contribution >= 0.6 is 0 Å². The monoisotopic (exact) mass is 285 g/mol. The summed E-state index contributed by atoms with van der Waals surface area (Å²) in [5.41, 5.74) is 3.58. The SMILES string of the molecule is CN(c1cc(NN)nc(-c2ccccc2)n1)C1CCOC1. The van der Waals surface area contributed by atoms with Crippen LogP contribution in [0.25, 0.3) is 11.4 Å². The van der Waals surface area contributed by atoms with E-state index in [4.69, 9.17) is 10.6 Å². The summed E-state index contributed by atoms with van der Waals surface area (Å²) < 4.78 is 5.45. The van der Waals surface area contributed by atoms with Crippen LogP contribution in [0.1, 0.15) is 6.42 Å². The molecule has 110 valence electrons. The van der Waals surface area contributed by atoms with Crippen molar-refractivity contribution in [2.75, 3.05) is 30.6 Å². The number of nitrogens with zero attached hydrogens (tertiary/aromatic N) is 3. The minimum atomic E-state index is 0.342. The number of hydrogen-bond acceptors (Lipinski definition) is 6. The second kappa shape index (κ2) is 6.07. The van der Waals surface area contributed by atoms with E-state index in [9.17, 15) is 0 Å². The summed E-state index contributed by atoms with van der Waals surface area (Å²) in [6.45, 7) is 1.53. The van der Waals surface area contributed by atoms with Crippen molar-refractivity contribution in [3.8, 4) is 11.4 Å². The van der Waals surface area contributed by atoms with E-state index in [0.717, 1.165) is 31.0 Å². The Hall–Kier alpha value is -2.18. The van der Waals surface area contributed by atoms with Gasteiger partial charge in [0.15, 0.2) is 5.82 Å². The Bertz CT molecular complexity index is 598. The molecular weight excluding hydrogens is 266 g/mol. The minimum absolute atomic E-state index is 0.342. The van der Waals surface area contributed by atoms with Gasteiger partial charge >= 0.3 is 0 Å². The van der Waals surface area contributed by atoms with E-state index >= 15 is 0 Å². The van der Waals surface area contributed by atoms with E-state index < -0.39 is 0 Å². The van der Waals surface area contributed by atoms with Crippen LogP contribution in [0, 0.1) is 0 Å². The fourth-order valence-corrected chi connectivity index (χ4v) is 2.42. The van der Waals surface area contributed by atoms with Gasteiger partial charge in [0.2, 0.25) is 0 Å². The predicted molar refractivity (Wildman–Crippen MR) is 82.9 cm³/mol. The summed E-state index contributed by atoms with van der Waals surface area (Å²) in [4.78, 5) is 11.2. The second-order valence-corrected chi connectivity index (χ2v) is 5.07. The topological polar surface area (TPSA) is 76.3 Å².